The highest BCUT2D eigenvalue weighted by Crippen LogP contribution is 2.16. The van der Waals surface area contributed by atoms with Gasteiger partial charge in [-0.1, -0.05) is 0 Å². The second-order valence-corrected chi connectivity index (χ2v) is 3.84. The third-order valence-electron chi connectivity index (χ3n) is 2.43. The number of anilines is 1. The molecule has 0 spiro atoms. The number of aromatic carboxylic acids is 1. The fourth-order valence-electron chi connectivity index (χ4n) is 1.29. The van der Waals surface area contributed by atoms with Gasteiger partial charge in [0, 0.05) is 20.7 Å². The Bertz CT molecular complexity index is 479. The summed E-state index contributed by atoms with van der Waals surface area (Å²) >= 11 is 0. The summed E-state index contributed by atoms with van der Waals surface area (Å²) < 4.78 is 18.3. The van der Waals surface area contributed by atoms with E-state index < -0.39 is 17.8 Å². The minimum atomic E-state index is -1.19. The Morgan fingerprint density at radius 2 is 2.16 bits per heavy atom. The molecule has 1 rings (SSSR count). The SMILES string of the molecule is COCCN(C)C(=O)Nc1cc(C(=O)O)ccc1F. The monoisotopic (exact) mass is 270 g/mol. The summed E-state index contributed by atoms with van der Waals surface area (Å²) in [5, 5.41) is 11.1. The quantitative estimate of drug-likeness (QED) is 0.852. The predicted octanol–water partition coefficient (Wildman–Crippen LogP) is 1.63. The fraction of sp³-hybridized carbons (Fsp3) is 0.333. The van der Waals surface area contributed by atoms with Gasteiger partial charge in [-0.05, 0) is 18.2 Å². The number of amides is 2. The molecule has 7 heteroatoms. The molecule has 104 valence electrons. The third-order valence-corrected chi connectivity index (χ3v) is 2.43. The van der Waals surface area contributed by atoms with E-state index in [0.717, 1.165) is 18.2 Å². The minimum absolute atomic E-state index is 0.101. The average molecular weight is 270 g/mol. The van der Waals surface area contributed by atoms with Gasteiger partial charge < -0.3 is 20.1 Å². The van der Waals surface area contributed by atoms with E-state index in [1.165, 1.54) is 19.1 Å². The maximum Gasteiger partial charge on any atom is 0.335 e. The smallest absolute Gasteiger partial charge is 0.335 e. The summed E-state index contributed by atoms with van der Waals surface area (Å²) in [5.74, 6) is -1.89. The summed E-state index contributed by atoms with van der Waals surface area (Å²) in [5.41, 5.74) is -0.273. The number of hydrogen-bond donors (Lipinski definition) is 2. The van der Waals surface area contributed by atoms with Crippen molar-refractivity contribution in [3.05, 3.63) is 29.6 Å². The number of ether oxygens (including phenoxy) is 1. The Morgan fingerprint density at radius 3 is 2.74 bits per heavy atom. The van der Waals surface area contributed by atoms with Gasteiger partial charge in [0.2, 0.25) is 0 Å². The molecule has 0 radical (unpaired) electrons. The molecule has 0 fully saturated rings. The second-order valence-electron chi connectivity index (χ2n) is 3.84. The normalized spacial score (nSPS) is 10.1. The molecular formula is C12H15FN2O4. The van der Waals surface area contributed by atoms with E-state index in [-0.39, 0.29) is 11.3 Å². The molecule has 2 amide bonds. The minimum Gasteiger partial charge on any atom is -0.478 e. The van der Waals surface area contributed by atoms with Gasteiger partial charge in [-0.3, -0.25) is 0 Å². The van der Waals surface area contributed by atoms with Crippen LogP contribution in [-0.4, -0.2) is 49.3 Å². The first kappa shape index (κ1) is 14.9. The molecule has 0 aromatic heterocycles. The molecule has 1 aromatic rings. The van der Waals surface area contributed by atoms with E-state index >= 15 is 0 Å². The number of rotatable bonds is 5. The van der Waals surface area contributed by atoms with E-state index in [9.17, 15) is 14.0 Å². The van der Waals surface area contributed by atoms with Crippen molar-refractivity contribution in [1.29, 1.82) is 0 Å². The van der Waals surface area contributed by atoms with Crippen LogP contribution < -0.4 is 5.32 Å². The Kier molecular flexibility index (Phi) is 5.25. The fourth-order valence-corrected chi connectivity index (χ4v) is 1.29. The number of methoxy groups -OCH3 is 1. The van der Waals surface area contributed by atoms with Crippen LogP contribution in [0.1, 0.15) is 10.4 Å². The zero-order valence-corrected chi connectivity index (χ0v) is 10.6. The summed E-state index contributed by atoms with van der Waals surface area (Å²) in [4.78, 5) is 23.8. The zero-order valence-electron chi connectivity index (χ0n) is 10.6. The zero-order chi connectivity index (χ0) is 14.4. The molecule has 6 nitrogen and oxygen atoms in total. The number of carboxylic acids is 1. The van der Waals surface area contributed by atoms with Crippen molar-refractivity contribution in [3.63, 3.8) is 0 Å². The third kappa shape index (κ3) is 4.22. The highest BCUT2D eigenvalue weighted by Gasteiger charge is 2.13. The number of nitrogens with zero attached hydrogens (tertiary/aromatic N) is 1. The lowest BCUT2D eigenvalue weighted by atomic mass is 10.2. The van der Waals surface area contributed by atoms with E-state index in [1.54, 1.807) is 0 Å². The molecule has 0 aliphatic rings. The number of nitrogens with one attached hydrogen (secondary N) is 1. The van der Waals surface area contributed by atoms with Crippen molar-refractivity contribution in [2.45, 2.75) is 0 Å². The predicted molar refractivity (Wildman–Crippen MR) is 66.9 cm³/mol. The number of urea groups is 1. The van der Waals surface area contributed by atoms with Crippen molar-refractivity contribution in [3.8, 4) is 0 Å². The molecule has 0 unspecified atom stereocenters. The maximum absolute atomic E-state index is 13.5. The molecule has 0 saturated heterocycles. The van der Waals surface area contributed by atoms with Crippen molar-refractivity contribution in [2.75, 3.05) is 32.6 Å². The summed E-state index contributed by atoms with van der Waals surface area (Å²) in [6.45, 7) is 0.685. The standard InChI is InChI=1S/C12H15FN2O4/c1-15(5-6-19-2)12(18)14-10-7-8(11(16)17)3-4-9(10)13/h3-4,7H,5-6H2,1-2H3,(H,14,18)(H,16,17). The lowest BCUT2D eigenvalue weighted by Crippen LogP contribution is -2.34. The number of halogens is 1. The molecule has 1 aromatic carbocycles. The van der Waals surface area contributed by atoms with Gasteiger partial charge in [0.25, 0.3) is 0 Å². The van der Waals surface area contributed by atoms with Crippen LogP contribution in [0.5, 0.6) is 0 Å². The first-order chi connectivity index (χ1) is 8.95. The first-order valence-electron chi connectivity index (χ1n) is 5.49. The average Bonchev–Trinajstić information content (AvgIpc) is 2.38. The molecular weight excluding hydrogens is 255 g/mol. The number of carboxylic acid groups (broad SMARTS) is 1. The first-order valence-corrected chi connectivity index (χ1v) is 5.49. The summed E-state index contributed by atoms with van der Waals surface area (Å²) in [6.07, 6.45) is 0. The van der Waals surface area contributed by atoms with E-state index in [2.05, 4.69) is 5.32 Å². The van der Waals surface area contributed by atoms with Crippen LogP contribution in [0.4, 0.5) is 14.9 Å². The van der Waals surface area contributed by atoms with Crippen LogP contribution in [0, 0.1) is 5.82 Å². The number of likely N-dealkylation sites (N-methyl/N-ethyl adjacent to an activating group) is 1. The van der Waals surface area contributed by atoms with Crippen LogP contribution in [-0.2, 0) is 4.74 Å². The largest absolute Gasteiger partial charge is 0.478 e. The molecule has 0 atom stereocenters. The number of hydrogen-bond acceptors (Lipinski definition) is 3. The van der Waals surface area contributed by atoms with Crippen molar-refractivity contribution < 1.29 is 23.8 Å². The molecule has 0 aliphatic heterocycles. The van der Waals surface area contributed by atoms with Gasteiger partial charge in [0.05, 0.1) is 17.9 Å². The van der Waals surface area contributed by atoms with Gasteiger partial charge >= 0.3 is 12.0 Å². The highest BCUT2D eigenvalue weighted by molar-refractivity contribution is 5.93. The second kappa shape index (κ2) is 6.69. The number of carbonyl (C=O) groups excluding carboxylic acids is 1. The summed E-state index contributed by atoms with van der Waals surface area (Å²) in [7, 11) is 3.02. The summed E-state index contributed by atoms with van der Waals surface area (Å²) in [6, 6.07) is 2.65. The van der Waals surface area contributed by atoms with Gasteiger partial charge in [0.1, 0.15) is 5.82 Å². The van der Waals surface area contributed by atoms with Gasteiger partial charge in [-0.25, -0.2) is 14.0 Å². The van der Waals surface area contributed by atoms with Crippen molar-refractivity contribution in [1.82, 2.24) is 4.90 Å². The van der Waals surface area contributed by atoms with Crippen molar-refractivity contribution in [2.24, 2.45) is 0 Å². The molecule has 0 aliphatic carbocycles. The van der Waals surface area contributed by atoms with E-state index in [1.807, 2.05) is 0 Å². The molecule has 0 bridgehead atoms. The lowest BCUT2D eigenvalue weighted by Gasteiger charge is -2.17. The van der Waals surface area contributed by atoms with Crippen LogP contribution in [0.25, 0.3) is 0 Å². The number of benzene rings is 1. The van der Waals surface area contributed by atoms with Gasteiger partial charge in [-0.2, -0.15) is 0 Å². The van der Waals surface area contributed by atoms with Crippen LogP contribution in [0.3, 0.4) is 0 Å². The Labute approximate surface area is 109 Å². The Hall–Kier alpha value is -2.15. The molecule has 2 N–H and O–H groups in total. The van der Waals surface area contributed by atoms with Gasteiger partial charge in [-0.15, -0.1) is 0 Å². The lowest BCUT2D eigenvalue weighted by molar-refractivity contribution is 0.0697. The highest BCUT2D eigenvalue weighted by atomic mass is 19.1. The Balaban J connectivity index is 2.78. The molecule has 0 saturated carbocycles. The maximum atomic E-state index is 13.5. The van der Waals surface area contributed by atoms with Crippen LogP contribution in [0.2, 0.25) is 0 Å². The molecule has 19 heavy (non-hydrogen) atoms. The van der Waals surface area contributed by atoms with Crippen molar-refractivity contribution >= 4 is 17.7 Å². The van der Waals surface area contributed by atoms with Gasteiger partial charge in [0.15, 0.2) is 0 Å². The topological polar surface area (TPSA) is 78.9 Å². The van der Waals surface area contributed by atoms with Crippen LogP contribution in [0.15, 0.2) is 18.2 Å². The van der Waals surface area contributed by atoms with Crippen LogP contribution >= 0.6 is 0 Å². The number of carbonyl (C=O) groups is 2. The van der Waals surface area contributed by atoms with E-state index in [4.69, 9.17) is 9.84 Å². The van der Waals surface area contributed by atoms with E-state index in [0.29, 0.717) is 13.2 Å². The molecule has 0 heterocycles. The Morgan fingerprint density at radius 1 is 1.47 bits per heavy atom.